The number of carbonyl (C=O) groups excluding carboxylic acids is 1. The van der Waals surface area contributed by atoms with Crippen LogP contribution in [0.3, 0.4) is 0 Å². The molecule has 8 heteroatoms. The van der Waals surface area contributed by atoms with Crippen LogP contribution in [0.5, 0.6) is 0 Å². The maximum Gasteiger partial charge on any atom is 0.244 e. The number of carbonyl (C=O) groups is 1. The van der Waals surface area contributed by atoms with Gasteiger partial charge in [0.1, 0.15) is 6.04 Å². The molecular weight excluding hydrogens is 412 g/mol. The molecule has 0 aliphatic carbocycles. The molecule has 2 aliphatic heterocycles. The van der Waals surface area contributed by atoms with Crippen LogP contribution in [0.4, 0.5) is 0 Å². The highest BCUT2D eigenvalue weighted by Crippen LogP contribution is 2.30. The smallest absolute Gasteiger partial charge is 0.244 e. The second-order valence-electron chi connectivity index (χ2n) is 8.91. The minimum atomic E-state index is -2.98. The van der Waals surface area contributed by atoms with Crippen LogP contribution in [-0.2, 0) is 21.2 Å². The number of hydrogen-bond acceptors (Lipinski definition) is 5. The highest BCUT2D eigenvalue weighted by Gasteiger charge is 2.34. The molecule has 7 nitrogen and oxygen atoms in total. The van der Waals surface area contributed by atoms with Crippen LogP contribution in [-0.4, -0.2) is 65.5 Å². The van der Waals surface area contributed by atoms with Crippen LogP contribution in [0, 0.1) is 13.8 Å². The van der Waals surface area contributed by atoms with Gasteiger partial charge in [0.25, 0.3) is 0 Å². The van der Waals surface area contributed by atoms with Gasteiger partial charge in [-0.25, -0.2) is 8.42 Å². The van der Waals surface area contributed by atoms with E-state index in [2.05, 4.69) is 4.90 Å². The monoisotopic (exact) mass is 444 g/mol. The SMILES string of the molecule is Cc1nn([C@@H]2CCS(=O)(=O)C2)c(C)c1CN(C)[C@@H](C(=O)N1CCCC1)c1ccccc1. The first-order valence-electron chi connectivity index (χ1n) is 11.1. The molecule has 31 heavy (non-hydrogen) atoms. The van der Waals surface area contributed by atoms with Crippen molar-refractivity contribution >= 4 is 15.7 Å². The zero-order chi connectivity index (χ0) is 22.2. The molecule has 2 atom stereocenters. The lowest BCUT2D eigenvalue weighted by molar-refractivity contribution is -0.136. The summed E-state index contributed by atoms with van der Waals surface area (Å²) >= 11 is 0. The van der Waals surface area contributed by atoms with E-state index in [0.717, 1.165) is 48.4 Å². The van der Waals surface area contributed by atoms with Crippen LogP contribution >= 0.6 is 0 Å². The molecule has 2 saturated heterocycles. The summed E-state index contributed by atoms with van der Waals surface area (Å²) in [6.07, 6.45) is 2.73. The molecule has 3 heterocycles. The predicted molar refractivity (Wildman–Crippen MR) is 120 cm³/mol. The van der Waals surface area contributed by atoms with Gasteiger partial charge in [-0.05, 0) is 45.7 Å². The Labute approximate surface area is 184 Å². The van der Waals surface area contributed by atoms with E-state index in [1.165, 1.54) is 0 Å². The molecule has 0 N–H and O–H groups in total. The standard InChI is InChI=1S/C23H32N4O3S/c1-17-21(18(2)27(24-17)20-11-14-31(29,30)16-20)15-25(3)22(19-9-5-4-6-10-19)23(28)26-12-7-8-13-26/h4-6,9-10,20,22H,7-8,11-16H2,1-3H3/t20-,22-/m1/s1. The average molecular weight is 445 g/mol. The third kappa shape index (κ3) is 4.55. The van der Waals surface area contributed by atoms with Gasteiger partial charge in [0, 0.05) is 30.9 Å². The van der Waals surface area contributed by atoms with Crippen LogP contribution in [0.25, 0.3) is 0 Å². The summed E-state index contributed by atoms with van der Waals surface area (Å²) in [5.74, 6) is 0.534. The van der Waals surface area contributed by atoms with Crippen molar-refractivity contribution in [3.8, 4) is 0 Å². The Bertz CT molecular complexity index is 1040. The molecule has 0 saturated carbocycles. The molecule has 1 aromatic carbocycles. The average Bonchev–Trinajstić information content (AvgIpc) is 3.45. The Kier molecular flexibility index (Phi) is 6.21. The van der Waals surface area contributed by atoms with Crippen molar-refractivity contribution in [1.82, 2.24) is 19.6 Å². The Morgan fingerprint density at radius 3 is 2.48 bits per heavy atom. The van der Waals surface area contributed by atoms with Crippen molar-refractivity contribution in [1.29, 1.82) is 0 Å². The van der Waals surface area contributed by atoms with Crippen molar-refractivity contribution in [2.24, 2.45) is 0 Å². The second kappa shape index (κ2) is 8.74. The van der Waals surface area contributed by atoms with Gasteiger partial charge in [-0.3, -0.25) is 14.4 Å². The fraction of sp³-hybridized carbons (Fsp3) is 0.565. The molecule has 1 amide bonds. The maximum atomic E-state index is 13.4. The second-order valence-corrected chi connectivity index (χ2v) is 11.1. The van der Waals surface area contributed by atoms with Gasteiger partial charge >= 0.3 is 0 Å². The Balaban J connectivity index is 1.60. The number of aryl methyl sites for hydroxylation is 1. The minimum absolute atomic E-state index is 0.0982. The summed E-state index contributed by atoms with van der Waals surface area (Å²) < 4.78 is 25.8. The molecule has 0 bridgehead atoms. The molecule has 1 aromatic heterocycles. The fourth-order valence-corrected chi connectivity index (χ4v) is 6.61. The van der Waals surface area contributed by atoms with E-state index in [-0.39, 0.29) is 29.5 Å². The normalized spacial score (nSPS) is 21.7. The van der Waals surface area contributed by atoms with E-state index < -0.39 is 9.84 Å². The van der Waals surface area contributed by atoms with Crippen molar-refractivity contribution in [2.75, 3.05) is 31.6 Å². The van der Waals surface area contributed by atoms with Crippen molar-refractivity contribution in [3.63, 3.8) is 0 Å². The van der Waals surface area contributed by atoms with Gasteiger partial charge in [-0.1, -0.05) is 30.3 Å². The first-order chi connectivity index (χ1) is 14.8. The third-order valence-corrected chi connectivity index (χ3v) is 8.39. The number of aromatic nitrogens is 2. The van der Waals surface area contributed by atoms with Crippen molar-refractivity contribution in [2.45, 2.75) is 51.7 Å². The predicted octanol–water partition coefficient (Wildman–Crippen LogP) is 2.66. The van der Waals surface area contributed by atoms with Crippen LogP contribution in [0.2, 0.25) is 0 Å². The zero-order valence-corrected chi connectivity index (χ0v) is 19.4. The van der Waals surface area contributed by atoms with Crippen LogP contribution < -0.4 is 0 Å². The molecule has 0 radical (unpaired) electrons. The Morgan fingerprint density at radius 1 is 1.19 bits per heavy atom. The van der Waals surface area contributed by atoms with Gasteiger partial charge in [-0.15, -0.1) is 0 Å². The van der Waals surface area contributed by atoms with E-state index in [1.807, 2.05) is 60.8 Å². The number of benzene rings is 1. The topological polar surface area (TPSA) is 75.5 Å². The molecule has 2 fully saturated rings. The van der Waals surface area contributed by atoms with Crippen molar-refractivity contribution in [3.05, 3.63) is 52.8 Å². The first kappa shape index (κ1) is 22.0. The fourth-order valence-electron chi connectivity index (χ4n) is 4.92. The molecule has 0 spiro atoms. The summed E-state index contributed by atoms with van der Waals surface area (Å²) in [4.78, 5) is 17.5. The van der Waals surface area contributed by atoms with Crippen LogP contribution in [0.1, 0.15) is 53.9 Å². The summed E-state index contributed by atoms with van der Waals surface area (Å²) in [6, 6.07) is 9.50. The highest BCUT2D eigenvalue weighted by atomic mass is 32.2. The van der Waals surface area contributed by atoms with Crippen LogP contribution in [0.15, 0.2) is 30.3 Å². The largest absolute Gasteiger partial charge is 0.341 e. The van der Waals surface area contributed by atoms with Gasteiger partial charge in [0.2, 0.25) is 5.91 Å². The van der Waals surface area contributed by atoms with E-state index in [0.29, 0.717) is 13.0 Å². The Hall–Kier alpha value is -2.19. The van der Waals surface area contributed by atoms with E-state index in [9.17, 15) is 13.2 Å². The molecule has 2 aromatic rings. The van der Waals surface area contributed by atoms with E-state index in [1.54, 1.807) is 0 Å². The molecule has 0 unspecified atom stereocenters. The lowest BCUT2D eigenvalue weighted by Crippen LogP contribution is -2.40. The molecule has 168 valence electrons. The van der Waals surface area contributed by atoms with Gasteiger partial charge < -0.3 is 4.90 Å². The summed E-state index contributed by atoms with van der Waals surface area (Å²) in [6.45, 7) is 6.20. The minimum Gasteiger partial charge on any atom is -0.341 e. The molecule has 4 rings (SSSR count). The summed E-state index contributed by atoms with van der Waals surface area (Å²) in [5.41, 5.74) is 3.95. The van der Waals surface area contributed by atoms with Crippen molar-refractivity contribution < 1.29 is 13.2 Å². The molecular formula is C23H32N4O3S. The number of amides is 1. The van der Waals surface area contributed by atoms with E-state index in [4.69, 9.17) is 5.10 Å². The van der Waals surface area contributed by atoms with Gasteiger partial charge in [0.15, 0.2) is 9.84 Å². The Morgan fingerprint density at radius 2 is 1.87 bits per heavy atom. The first-order valence-corrected chi connectivity index (χ1v) is 12.9. The number of hydrogen-bond donors (Lipinski definition) is 0. The number of likely N-dealkylation sites (tertiary alicyclic amines) is 1. The van der Waals surface area contributed by atoms with E-state index >= 15 is 0 Å². The zero-order valence-electron chi connectivity index (χ0n) is 18.6. The number of sulfone groups is 1. The lowest BCUT2D eigenvalue weighted by Gasteiger charge is -2.31. The summed E-state index contributed by atoms with van der Waals surface area (Å²) in [5, 5.41) is 4.70. The highest BCUT2D eigenvalue weighted by molar-refractivity contribution is 7.91. The quantitative estimate of drug-likeness (QED) is 0.685. The number of nitrogens with zero attached hydrogens (tertiary/aromatic N) is 4. The number of likely N-dealkylation sites (N-methyl/N-ethyl adjacent to an activating group) is 1. The van der Waals surface area contributed by atoms with Gasteiger partial charge in [0.05, 0.1) is 23.2 Å². The maximum absolute atomic E-state index is 13.4. The summed E-state index contributed by atoms with van der Waals surface area (Å²) in [7, 11) is -0.991. The number of rotatable bonds is 6. The lowest BCUT2D eigenvalue weighted by atomic mass is 10.0. The third-order valence-electron chi connectivity index (χ3n) is 6.64. The molecule has 2 aliphatic rings. The van der Waals surface area contributed by atoms with Gasteiger partial charge in [-0.2, -0.15) is 5.10 Å².